The summed E-state index contributed by atoms with van der Waals surface area (Å²) in [5, 5.41) is 0.538. The van der Waals surface area contributed by atoms with Crippen molar-refractivity contribution in [2.24, 2.45) is 5.41 Å². The monoisotopic (exact) mass is 210 g/mol. The van der Waals surface area contributed by atoms with E-state index in [1.165, 1.54) is 0 Å². The molecule has 0 heterocycles. The Labute approximate surface area is 90.1 Å². The highest BCUT2D eigenvalue weighted by atomic mass is 35.5. The zero-order chi connectivity index (χ0) is 10.9. The molecule has 0 bridgehead atoms. The Morgan fingerprint density at radius 3 is 2.36 bits per heavy atom. The SMILES string of the molecule is Cc1ccc(Cl)c(C(=O)C(C)(C)C)c1. The maximum absolute atomic E-state index is 12.0. The highest BCUT2D eigenvalue weighted by molar-refractivity contribution is 6.34. The molecule has 0 atom stereocenters. The van der Waals surface area contributed by atoms with E-state index in [4.69, 9.17) is 11.6 Å². The lowest BCUT2D eigenvalue weighted by atomic mass is 9.86. The summed E-state index contributed by atoms with van der Waals surface area (Å²) >= 11 is 5.98. The van der Waals surface area contributed by atoms with Gasteiger partial charge >= 0.3 is 0 Å². The lowest BCUT2D eigenvalue weighted by Gasteiger charge is -2.17. The van der Waals surface area contributed by atoms with Crippen LogP contribution >= 0.6 is 11.6 Å². The summed E-state index contributed by atoms with van der Waals surface area (Å²) in [6, 6.07) is 5.52. The molecule has 0 aliphatic carbocycles. The van der Waals surface area contributed by atoms with E-state index in [2.05, 4.69) is 0 Å². The fraction of sp³-hybridized carbons (Fsp3) is 0.417. The van der Waals surface area contributed by atoms with Crippen LogP contribution in [-0.2, 0) is 0 Å². The number of carbonyl (C=O) groups is 1. The predicted molar refractivity (Wildman–Crippen MR) is 60.0 cm³/mol. The molecule has 0 aliphatic heterocycles. The molecule has 0 aliphatic rings. The van der Waals surface area contributed by atoms with Gasteiger partial charge in [-0.1, -0.05) is 44.0 Å². The first-order chi connectivity index (χ1) is 6.32. The molecule has 0 N–H and O–H groups in total. The molecule has 1 rings (SSSR count). The van der Waals surface area contributed by atoms with Crippen LogP contribution in [0, 0.1) is 12.3 Å². The number of hydrogen-bond acceptors (Lipinski definition) is 1. The fourth-order valence-electron chi connectivity index (χ4n) is 1.22. The molecule has 14 heavy (non-hydrogen) atoms. The zero-order valence-corrected chi connectivity index (χ0v) is 9.77. The minimum atomic E-state index is -0.378. The van der Waals surface area contributed by atoms with Gasteiger partial charge in [-0.15, -0.1) is 0 Å². The lowest BCUT2D eigenvalue weighted by Crippen LogP contribution is -2.20. The number of halogens is 1. The first-order valence-electron chi connectivity index (χ1n) is 4.63. The van der Waals surface area contributed by atoms with Crippen LogP contribution in [0.1, 0.15) is 36.7 Å². The lowest BCUT2D eigenvalue weighted by molar-refractivity contribution is 0.0858. The molecule has 0 radical (unpaired) electrons. The van der Waals surface area contributed by atoms with Crippen molar-refractivity contribution in [1.29, 1.82) is 0 Å². The summed E-state index contributed by atoms with van der Waals surface area (Å²) in [5.41, 5.74) is 1.30. The van der Waals surface area contributed by atoms with Gasteiger partial charge in [0, 0.05) is 11.0 Å². The number of benzene rings is 1. The van der Waals surface area contributed by atoms with Gasteiger partial charge in [-0.05, 0) is 19.1 Å². The summed E-state index contributed by atoms with van der Waals surface area (Å²) in [6.45, 7) is 7.64. The molecular weight excluding hydrogens is 196 g/mol. The van der Waals surface area contributed by atoms with Crippen LogP contribution < -0.4 is 0 Å². The minimum absolute atomic E-state index is 0.0891. The maximum atomic E-state index is 12.0. The van der Waals surface area contributed by atoms with Gasteiger partial charge in [-0.25, -0.2) is 0 Å². The number of aryl methyl sites for hydroxylation is 1. The smallest absolute Gasteiger partial charge is 0.169 e. The van der Waals surface area contributed by atoms with Crippen LogP contribution in [0.25, 0.3) is 0 Å². The third-order valence-electron chi connectivity index (χ3n) is 2.05. The fourth-order valence-corrected chi connectivity index (χ4v) is 1.42. The summed E-state index contributed by atoms with van der Waals surface area (Å²) in [5.74, 6) is 0.0891. The van der Waals surface area contributed by atoms with Gasteiger partial charge in [0.1, 0.15) is 0 Å². The molecule has 0 unspecified atom stereocenters. The van der Waals surface area contributed by atoms with Gasteiger partial charge in [0.05, 0.1) is 5.02 Å². The summed E-state index contributed by atoms with van der Waals surface area (Å²) < 4.78 is 0. The Morgan fingerprint density at radius 2 is 1.86 bits per heavy atom. The molecule has 2 heteroatoms. The van der Waals surface area contributed by atoms with Crippen molar-refractivity contribution in [3.63, 3.8) is 0 Å². The molecule has 0 saturated heterocycles. The van der Waals surface area contributed by atoms with Crippen molar-refractivity contribution in [2.75, 3.05) is 0 Å². The molecular formula is C12H15ClO. The van der Waals surface area contributed by atoms with E-state index in [9.17, 15) is 4.79 Å². The Kier molecular flexibility index (Phi) is 3.01. The molecule has 0 aromatic heterocycles. The largest absolute Gasteiger partial charge is 0.294 e. The summed E-state index contributed by atoms with van der Waals surface area (Å²) in [6.07, 6.45) is 0. The molecule has 0 spiro atoms. The van der Waals surface area contributed by atoms with Crippen molar-refractivity contribution in [3.05, 3.63) is 34.3 Å². The Morgan fingerprint density at radius 1 is 1.29 bits per heavy atom. The quantitative estimate of drug-likeness (QED) is 0.643. The van der Waals surface area contributed by atoms with Gasteiger partial charge in [-0.2, -0.15) is 0 Å². The van der Waals surface area contributed by atoms with Gasteiger partial charge in [0.2, 0.25) is 0 Å². The van der Waals surface area contributed by atoms with Crippen LogP contribution in [-0.4, -0.2) is 5.78 Å². The molecule has 0 saturated carbocycles. The van der Waals surface area contributed by atoms with Crippen LogP contribution in [0.3, 0.4) is 0 Å². The van der Waals surface area contributed by atoms with Crippen LogP contribution in [0.4, 0.5) is 0 Å². The van der Waals surface area contributed by atoms with Crippen molar-refractivity contribution in [3.8, 4) is 0 Å². The zero-order valence-electron chi connectivity index (χ0n) is 9.02. The Balaban J connectivity index is 3.19. The molecule has 76 valence electrons. The third kappa shape index (κ3) is 2.36. The first kappa shape index (κ1) is 11.3. The van der Waals surface area contributed by atoms with E-state index in [1.807, 2.05) is 39.8 Å². The summed E-state index contributed by atoms with van der Waals surface area (Å²) in [7, 11) is 0. The molecule has 1 nitrogen and oxygen atoms in total. The van der Waals surface area contributed by atoms with E-state index in [0.29, 0.717) is 10.6 Å². The highest BCUT2D eigenvalue weighted by Crippen LogP contribution is 2.26. The predicted octanol–water partition coefficient (Wildman–Crippen LogP) is 3.88. The number of carbonyl (C=O) groups excluding carboxylic acids is 1. The molecule has 0 fully saturated rings. The topological polar surface area (TPSA) is 17.1 Å². The van der Waals surface area contributed by atoms with E-state index >= 15 is 0 Å². The average molecular weight is 211 g/mol. The van der Waals surface area contributed by atoms with Crippen LogP contribution in [0.2, 0.25) is 5.02 Å². The number of ketones is 1. The van der Waals surface area contributed by atoms with E-state index in [0.717, 1.165) is 5.56 Å². The third-order valence-corrected chi connectivity index (χ3v) is 2.38. The standard InChI is InChI=1S/C12H15ClO/c1-8-5-6-10(13)9(7-8)11(14)12(2,3)4/h5-7H,1-4H3. The Bertz CT molecular complexity index is 361. The Hall–Kier alpha value is -0.820. The number of Topliss-reactive ketones (excluding diaryl/α,β-unsaturated/α-hetero) is 1. The van der Waals surface area contributed by atoms with E-state index < -0.39 is 0 Å². The average Bonchev–Trinajstić information content (AvgIpc) is 2.06. The summed E-state index contributed by atoms with van der Waals surface area (Å²) in [4.78, 5) is 12.0. The minimum Gasteiger partial charge on any atom is -0.294 e. The van der Waals surface area contributed by atoms with Crippen molar-refractivity contribution in [2.45, 2.75) is 27.7 Å². The number of rotatable bonds is 1. The highest BCUT2D eigenvalue weighted by Gasteiger charge is 2.24. The number of hydrogen-bond donors (Lipinski definition) is 0. The van der Waals surface area contributed by atoms with Crippen LogP contribution in [0.5, 0.6) is 0 Å². The molecule has 1 aromatic rings. The molecule has 0 amide bonds. The van der Waals surface area contributed by atoms with Gasteiger partial charge in [-0.3, -0.25) is 4.79 Å². The van der Waals surface area contributed by atoms with Crippen molar-refractivity contribution >= 4 is 17.4 Å². The first-order valence-corrected chi connectivity index (χ1v) is 5.01. The second-order valence-corrected chi connectivity index (χ2v) is 4.97. The second-order valence-electron chi connectivity index (χ2n) is 4.56. The molecule has 1 aromatic carbocycles. The second kappa shape index (κ2) is 3.74. The van der Waals surface area contributed by atoms with Crippen molar-refractivity contribution in [1.82, 2.24) is 0 Å². The van der Waals surface area contributed by atoms with E-state index in [-0.39, 0.29) is 11.2 Å². The normalized spacial score (nSPS) is 11.5. The van der Waals surface area contributed by atoms with Gasteiger partial charge in [0.25, 0.3) is 0 Å². The van der Waals surface area contributed by atoms with Crippen LogP contribution in [0.15, 0.2) is 18.2 Å². The maximum Gasteiger partial charge on any atom is 0.169 e. The van der Waals surface area contributed by atoms with Gasteiger partial charge in [0.15, 0.2) is 5.78 Å². The van der Waals surface area contributed by atoms with E-state index in [1.54, 1.807) is 6.07 Å². The van der Waals surface area contributed by atoms with Gasteiger partial charge < -0.3 is 0 Å². The van der Waals surface area contributed by atoms with Crippen molar-refractivity contribution < 1.29 is 4.79 Å².